The van der Waals surface area contributed by atoms with Crippen molar-refractivity contribution in [2.75, 3.05) is 12.4 Å². The summed E-state index contributed by atoms with van der Waals surface area (Å²) in [5.41, 5.74) is 1.49. The zero-order chi connectivity index (χ0) is 15.1. The molecule has 0 radical (unpaired) electrons. The maximum Gasteiger partial charge on any atom is 1.00 e. The number of carbonyl (C=O) groups is 2. The Labute approximate surface area is 171 Å². The van der Waals surface area contributed by atoms with Crippen molar-refractivity contribution >= 4 is 31.2 Å². The molecule has 2 atom stereocenters. The van der Waals surface area contributed by atoms with Crippen LogP contribution in [-0.2, 0) is 18.9 Å². The van der Waals surface area contributed by atoms with E-state index in [1.54, 1.807) is 0 Å². The minimum Gasteiger partial charge on any atom is -0.806 e. The van der Waals surface area contributed by atoms with Crippen LogP contribution in [0.15, 0.2) is 11.0 Å². The van der Waals surface area contributed by atoms with Gasteiger partial charge < -0.3 is 24.8 Å². The number of esters is 1. The summed E-state index contributed by atoms with van der Waals surface area (Å²) in [6.45, 7) is 0.809. The van der Waals surface area contributed by atoms with E-state index >= 15 is 0 Å². The summed E-state index contributed by atoms with van der Waals surface area (Å²) in [5.74, 6) is -1.13. The fraction of sp³-hybridized carbons (Fsp3) is 0.556. The quantitative estimate of drug-likeness (QED) is 0.228. The Kier molecular flexibility index (Phi) is 7.98. The fourth-order valence-corrected chi connectivity index (χ4v) is 4.36. The number of fused-ring (bicyclic) bond motifs is 1. The monoisotopic (exact) mass is 353 g/mol. The molecule has 0 spiro atoms. The van der Waals surface area contributed by atoms with E-state index in [-0.39, 0.29) is 77.0 Å². The summed E-state index contributed by atoms with van der Waals surface area (Å²) in [4.78, 5) is 46.1. The third-order valence-electron chi connectivity index (χ3n) is 2.72. The second kappa shape index (κ2) is 8.30. The van der Waals surface area contributed by atoms with Crippen molar-refractivity contribution in [3.8, 4) is 0 Å². The molecule has 0 aromatic carbocycles. The number of hydrogen-bond donors (Lipinski definition) is 1. The SMILES string of the molecule is [2H]N[C@@H]1C(=O)N2C(P(=O)([O-])[O-])=C(COC(C)=O)CS[C@@H]12.[Na+].[Na+]. The van der Waals surface area contributed by atoms with Gasteiger partial charge in [-0.3, -0.25) is 14.5 Å². The molecular weight excluding hydrogens is 341 g/mol. The molecule has 0 aliphatic carbocycles. The van der Waals surface area contributed by atoms with Gasteiger partial charge >= 0.3 is 65.1 Å². The number of nitrogens with two attached hydrogens (primary N) is 1. The van der Waals surface area contributed by atoms with Crippen LogP contribution >= 0.6 is 19.4 Å². The second-order valence-corrected chi connectivity index (χ2v) is 6.62. The standard InChI is InChI=1S/C9H13N2O6PS.2Na/c1-4(12)17-2-5-3-19-9-6(10)7(13)11(9)8(5)18(14,15)16;;/h6,9H,2-3,10H2,1H3,(H2,14,15,16);;/q;2*+1/p-2/t6-,9+;;/m1../s1/i/hD. The first kappa shape index (κ1) is 20.2. The average molecular weight is 353 g/mol. The van der Waals surface area contributed by atoms with Gasteiger partial charge in [0.2, 0.25) is 5.91 Å². The molecule has 2 N–H and O–H groups in total. The summed E-state index contributed by atoms with van der Waals surface area (Å²) >= 11 is 1.20. The van der Waals surface area contributed by atoms with Crippen molar-refractivity contribution in [2.45, 2.75) is 18.3 Å². The molecule has 1 saturated heterocycles. The molecular formula is C9H11N2Na2O6PS. The molecule has 0 bridgehead atoms. The zero-order valence-electron chi connectivity index (χ0n) is 12.8. The van der Waals surface area contributed by atoms with E-state index in [2.05, 4.69) is 0 Å². The van der Waals surface area contributed by atoms with Crippen LogP contribution in [0, 0.1) is 0 Å². The van der Waals surface area contributed by atoms with Crippen molar-refractivity contribution in [1.82, 2.24) is 4.90 Å². The van der Waals surface area contributed by atoms with Crippen LogP contribution in [0.1, 0.15) is 6.92 Å². The molecule has 0 saturated carbocycles. The number of amides is 1. The number of nitrogens with zero attached hydrogens (tertiary/aromatic N) is 1. The van der Waals surface area contributed by atoms with Crippen LogP contribution in [0.2, 0.25) is 1.41 Å². The van der Waals surface area contributed by atoms with Crippen LogP contribution in [0.5, 0.6) is 0 Å². The maximum absolute atomic E-state index is 11.8. The van der Waals surface area contributed by atoms with Gasteiger partial charge in [-0.05, 0) is 7.60 Å². The third-order valence-corrected chi connectivity index (χ3v) is 5.12. The summed E-state index contributed by atoms with van der Waals surface area (Å²) in [5, 5.41) is -0.604. The first-order chi connectivity index (χ1) is 9.27. The molecule has 106 valence electrons. The van der Waals surface area contributed by atoms with Gasteiger partial charge in [-0.1, -0.05) is 0 Å². The molecule has 12 heteroatoms. The molecule has 2 heterocycles. The summed E-state index contributed by atoms with van der Waals surface area (Å²) in [7, 11) is -5.18. The minimum absolute atomic E-state index is 0. The van der Waals surface area contributed by atoms with Crippen LogP contribution < -0.4 is 74.6 Å². The van der Waals surface area contributed by atoms with Gasteiger partial charge in [-0.25, -0.2) is 0 Å². The fourth-order valence-electron chi connectivity index (χ4n) is 1.90. The molecule has 1 fully saturated rings. The van der Waals surface area contributed by atoms with Gasteiger partial charge in [0, 0.05) is 18.2 Å². The number of hydrogen-bond acceptors (Lipinski definition) is 8. The Hall–Kier alpha value is 1.14. The molecule has 21 heavy (non-hydrogen) atoms. The number of β-lactam (4-membered cyclic amide) rings is 1. The van der Waals surface area contributed by atoms with Crippen molar-refractivity contribution < 1.29 is 89.2 Å². The Morgan fingerprint density at radius 3 is 2.71 bits per heavy atom. The van der Waals surface area contributed by atoms with Gasteiger partial charge in [0.1, 0.15) is 19.4 Å². The molecule has 2 rings (SSSR count). The van der Waals surface area contributed by atoms with Gasteiger partial charge in [0.15, 0.2) is 0 Å². The number of ether oxygens (including phenoxy) is 1. The topological polar surface area (TPSA) is 136 Å². The molecule has 2 aliphatic rings. The number of carbonyl (C=O) groups excluding carboxylic acids is 2. The normalized spacial score (nSPS) is 25.0. The molecule has 8 nitrogen and oxygen atoms in total. The van der Waals surface area contributed by atoms with Crippen molar-refractivity contribution in [3.05, 3.63) is 11.0 Å². The van der Waals surface area contributed by atoms with E-state index in [9.17, 15) is 23.9 Å². The van der Waals surface area contributed by atoms with Crippen LogP contribution in [-0.4, -0.2) is 40.6 Å². The van der Waals surface area contributed by atoms with E-state index in [1.807, 2.05) is 5.73 Å². The van der Waals surface area contributed by atoms with E-state index < -0.39 is 36.3 Å². The van der Waals surface area contributed by atoms with Crippen LogP contribution in [0.3, 0.4) is 0 Å². The summed E-state index contributed by atoms with van der Waals surface area (Å²) in [6, 6.07) is -0.836. The first-order valence-corrected chi connectivity index (χ1v) is 7.86. The van der Waals surface area contributed by atoms with Gasteiger partial charge in [-0.15, -0.1) is 11.8 Å². The maximum atomic E-state index is 11.8. The van der Waals surface area contributed by atoms with Crippen molar-refractivity contribution in [1.29, 1.82) is 0 Å². The van der Waals surface area contributed by atoms with Crippen LogP contribution in [0.25, 0.3) is 0 Å². The number of thioether (sulfide) groups is 1. The van der Waals surface area contributed by atoms with Gasteiger partial charge in [-0.2, -0.15) is 0 Å². The molecule has 1 amide bonds. The van der Waals surface area contributed by atoms with Gasteiger partial charge in [0.05, 0.1) is 5.44 Å². The largest absolute Gasteiger partial charge is 1.00 e. The van der Waals surface area contributed by atoms with Crippen molar-refractivity contribution in [3.63, 3.8) is 0 Å². The molecule has 0 aromatic rings. The first-order valence-electron chi connectivity index (χ1n) is 5.77. The molecule has 2 aliphatic heterocycles. The molecule has 0 aromatic heterocycles. The Morgan fingerprint density at radius 1 is 1.62 bits per heavy atom. The Morgan fingerprint density at radius 2 is 2.24 bits per heavy atom. The van der Waals surface area contributed by atoms with E-state index in [4.69, 9.17) is 6.15 Å². The van der Waals surface area contributed by atoms with E-state index in [0.717, 1.165) is 11.8 Å². The van der Waals surface area contributed by atoms with E-state index in [0.29, 0.717) is 0 Å². The third kappa shape index (κ3) is 4.58. The van der Waals surface area contributed by atoms with Crippen LogP contribution in [0.4, 0.5) is 0 Å². The predicted octanol–water partition coefficient (Wildman–Crippen LogP) is -8.07. The summed E-state index contributed by atoms with van der Waals surface area (Å²) in [6.07, 6.45) is 0. The second-order valence-electron chi connectivity index (χ2n) is 4.09. The van der Waals surface area contributed by atoms with Crippen molar-refractivity contribution in [2.24, 2.45) is 5.73 Å². The Bertz CT molecular complexity index is 544. The average Bonchev–Trinajstić information content (AvgIpc) is 2.34. The van der Waals surface area contributed by atoms with Gasteiger partial charge in [0.25, 0.3) is 0 Å². The zero-order valence-corrected chi connectivity index (χ0v) is 17.5. The Balaban J connectivity index is 0.00000220. The minimum atomic E-state index is -5.18. The van der Waals surface area contributed by atoms with E-state index in [1.165, 1.54) is 11.8 Å². The smallest absolute Gasteiger partial charge is 0.806 e. The molecule has 0 unspecified atom stereocenters. The summed E-state index contributed by atoms with van der Waals surface area (Å²) < 4.78 is 23.1. The predicted molar refractivity (Wildman–Crippen MR) is 62.3 cm³/mol. The number of rotatable bonds is 4.